The van der Waals surface area contributed by atoms with Gasteiger partial charge in [0.05, 0.1) is 5.60 Å². The van der Waals surface area contributed by atoms with E-state index in [0.29, 0.717) is 11.8 Å². The van der Waals surface area contributed by atoms with Crippen LogP contribution in [0.25, 0.3) is 0 Å². The predicted molar refractivity (Wildman–Crippen MR) is 93.3 cm³/mol. The lowest BCUT2D eigenvalue weighted by Crippen LogP contribution is -2.21. The fourth-order valence-corrected chi connectivity index (χ4v) is 2.82. The minimum absolute atomic E-state index is 0.556. The highest BCUT2D eigenvalue weighted by Crippen LogP contribution is 2.25. The number of hydrogen-bond acceptors (Lipinski definition) is 1. The zero-order valence-corrected chi connectivity index (χ0v) is 14.7. The lowest BCUT2D eigenvalue weighted by molar-refractivity contribution is 0.102. The minimum atomic E-state index is -0.682. The van der Waals surface area contributed by atoms with Crippen molar-refractivity contribution in [3.8, 4) is 0 Å². The summed E-state index contributed by atoms with van der Waals surface area (Å²) in [7, 11) is 0. The van der Waals surface area contributed by atoms with E-state index >= 15 is 0 Å². The van der Waals surface area contributed by atoms with Crippen molar-refractivity contribution in [3.05, 3.63) is 35.5 Å². The van der Waals surface area contributed by atoms with Gasteiger partial charge in [0, 0.05) is 0 Å². The maximum absolute atomic E-state index is 10.5. The van der Waals surface area contributed by atoms with Gasteiger partial charge in [0.2, 0.25) is 0 Å². The molecule has 0 amide bonds. The Morgan fingerprint density at radius 2 is 1.71 bits per heavy atom. The summed E-state index contributed by atoms with van der Waals surface area (Å²) in [5.41, 5.74) is 2.26. The van der Waals surface area contributed by atoms with Gasteiger partial charge in [0.15, 0.2) is 0 Å². The van der Waals surface area contributed by atoms with Gasteiger partial charge in [-0.2, -0.15) is 0 Å². The van der Waals surface area contributed by atoms with Gasteiger partial charge in [0.1, 0.15) is 0 Å². The molecule has 0 saturated heterocycles. The highest BCUT2D eigenvalue weighted by Gasteiger charge is 2.17. The molecule has 21 heavy (non-hydrogen) atoms. The molecule has 0 fully saturated rings. The Hall–Kier alpha value is -0.820. The van der Waals surface area contributed by atoms with Crippen molar-refractivity contribution in [1.29, 1.82) is 0 Å². The first-order chi connectivity index (χ1) is 9.80. The van der Waals surface area contributed by atoms with Gasteiger partial charge in [-0.1, -0.05) is 49.3 Å². The van der Waals surface area contributed by atoms with Gasteiger partial charge in [-0.3, -0.25) is 0 Å². The molecule has 0 aromatic carbocycles. The Balaban J connectivity index is 2.87. The normalized spacial score (nSPS) is 36.2. The topological polar surface area (TPSA) is 20.2 Å². The predicted octanol–water partition coefficient (Wildman–Crippen LogP) is 5.81. The molecule has 0 bridgehead atoms. The molecule has 1 rings (SSSR count). The van der Waals surface area contributed by atoms with Crippen molar-refractivity contribution < 1.29 is 5.11 Å². The molecule has 1 aliphatic carbocycles. The molecule has 120 valence electrons. The van der Waals surface area contributed by atoms with Crippen LogP contribution in [0.15, 0.2) is 35.5 Å². The number of allylic oxidation sites excluding steroid dienone is 5. The Morgan fingerprint density at radius 1 is 1.10 bits per heavy atom. The first-order valence-electron chi connectivity index (χ1n) is 8.53. The van der Waals surface area contributed by atoms with Gasteiger partial charge in [-0.15, -0.1) is 0 Å². The second-order valence-electron chi connectivity index (χ2n) is 7.34. The summed E-state index contributed by atoms with van der Waals surface area (Å²) in [6.45, 7) is 10.9. The standard InChI is InChI=1S/C20H34O/c1-16(2)19-12-11-18(4)9-6-8-17(3)10-7-14-20(5,21)15-13-19/h9-10,13,15-16,19,21H,6-8,11-12,14H2,1-5H3/b15-13+,17-10-,18-9-/t19-,20-/m1/s1. The maximum atomic E-state index is 10.5. The first-order valence-corrected chi connectivity index (χ1v) is 8.53. The van der Waals surface area contributed by atoms with Crippen LogP contribution in [-0.4, -0.2) is 10.7 Å². The fraction of sp³-hybridized carbons (Fsp3) is 0.700. The van der Waals surface area contributed by atoms with E-state index in [4.69, 9.17) is 0 Å². The third-order valence-electron chi connectivity index (χ3n) is 4.61. The van der Waals surface area contributed by atoms with E-state index in [2.05, 4.69) is 45.9 Å². The summed E-state index contributed by atoms with van der Waals surface area (Å²) in [4.78, 5) is 0. The van der Waals surface area contributed by atoms with Crippen molar-refractivity contribution in [3.63, 3.8) is 0 Å². The van der Waals surface area contributed by atoms with Crippen LogP contribution in [0.3, 0.4) is 0 Å². The Morgan fingerprint density at radius 3 is 2.38 bits per heavy atom. The van der Waals surface area contributed by atoms with Crippen LogP contribution in [0, 0.1) is 11.8 Å². The molecule has 1 N–H and O–H groups in total. The quantitative estimate of drug-likeness (QED) is 0.604. The molecule has 0 aromatic rings. The van der Waals surface area contributed by atoms with Crippen LogP contribution >= 0.6 is 0 Å². The number of rotatable bonds is 1. The molecule has 0 aliphatic heterocycles. The van der Waals surface area contributed by atoms with E-state index in [9.17, 15) is 5.11 Å². The number of hydrogen-bond donors (Lipinski definition) is 1. The second-order valence-corrected chi connectivity index (χ2v) is 7.34. The summed E-state index contributed by atoms with van der Waals surface area (Å²) in [5, 5.41) is 10.5. The third kappa shape index (κ3) is 7.66. The lowest BCUT2D eigenvalue weighted by atomic mass is 9.87. The molecule has 0 unspecified atom stereocenters. The van der Waals surface area contributed by atoms with Crippen molar-refractivity contribution in [2.24, 2.45) is 11.8 Å². The molecule has 0 heterocycles. The van der Waals surface area contributed by atoms with E-state index in [1.165, 1.54) is 17.6 Å². The van der Waals surface area contributed by atoms with E-state index in [-0.39, 0.29) is 0 Å². The summed E-state index contributed by atoms with van der Waals surface area (Å²) in [6.07, 6.45) is 15.4. The van der Waals surface area contributed by atoms with E-state index in [0.717, 1.165) is 32.1 Å². The maximum Gasteiger partial charge on any atom is 0.0802 e. The Bertz CT molecular complexity index is 396. The summed E-state index contributed by atoms with van der Waals surface area (Å²) in [6, 6.07) is 0. The van der Waals surface area contributed by atoms with Gasteiger partial charge >= 0.3 is 0 Å². The van der Waals surface area contributed by atoms with Crippen molar-refractivity contribution in [2.75, 3.05) is 0 Å². The van der Waals surface area contributed by atoms with Gasteiger partial charge < -0.3 is 5.11 Å². The zero-order chi connectivity index (χ0) is 15.9. The largest absolute Gasteiger partial charge is 0.386 e. The van der Waals surface area contributed by atoms with Gasteiger partial charge in [0.25, 0.3) is 0 Å². The highest BCUT2D eigenvalue weighted by atomic mass is 16.3. The molecule has 0 spiro atoms. The van der Waals surface area contributed by atoms with Crippen molar-refractivity contribution in [1.82, 2.24) is 0 Å². The lowest BCUT2D eigenvalue weighted by Gasteiger charge is -2.22. The molecular weight excluding hydrogens is 256 g/mol. The molecule has 1 aliphatic rings. The van der Waals surface area contributed by atoms with Crippen LogP contribution < -0.4 is 0 Å². The van der Waals surface area contributed by atoms with E-state index in [1.807, 2.05) is 13.0 Å². The molecule has 1 nitrogen and oxygen atoms in total. The summed E-state index contributed by atoms with van der Waals surface area (Å²) >= 11 is 0. The monoisotopic (exact) mass is 290 g/mol. The van der Waals surface area contributed by atoms with Crippen LogP contribution in [0.4, 0.5) is 0 Å². The summed E-state index contributed by atoms with van der Waals surface area (Å²) in [5.74, 6) is 1.18. The first kappa shape index (κ1) is 18.2. The molecular formula is C20H34O. The molecule has 0 radical (unpaired) electrons. The SMILES string of the molecule is C/C1=C/CC[C@@](C)(O)/C=C/[C@H](C(C)C)CC/C(C)=C\CC1. The average molecular weight is 290 g/mol. The molecule has 0 saturated carbocycles. The fourth-order valence-electron chi connectivity index (χ4n) is 2.82. The molecule has 2 atom stereocenters. The highest BCUT2D eigenvalue weighted by molar-refractivity contribution is 5.08. The average Bonchev–Trinajstić information content (AvgIpc) is 2.37. The summed E-state index contributed by atoms with van der Waals surface area (Å²) < 4.78 is 0. The minimum Gasteiger partial charge on any atom is -0.386 e. The number of aliphatic hydroxyl groups is 1. The van der Waals surface area contributed by atoms with E-state index in [1.54, 1.807) is 0 Å². The van der Waals surface area contributed by atoms with Crippen LogP contribution in [0.1, 0.15) is 73.1 Å². The molecule has 1 heteroatoms. The third-order valence-corrected chi connectivity index (χ3v) is 4.61. The van der Waals surface area contributed by atoms with Crippen LogP contribution in [0.5, 0.6) is 0 Å². The van der Waals surface area contributed by atoms with Crippen molar-refractivity contribution >= 4 is 0 Å². The van der Waals surface area contributed by atoms with Crippen LogP contribution in [-0.2, 0) is 0 Å². The van der Waals surface area contributed by atoms with Gasteiger partial charge in [-0.25, -0.2) is 0 Å². The zero-order valence-electron chi connectivity index (χ0n) is 14.7. The Kier molecular flexibility index (Phi) is 7.45. The Labute approximate surface area is 131 Å². The second kappa shape index (κ2) is 8.58. The van der Waals surface area contributed by atoms with Gasteiger partial charge in [-0.05, 0) is 71.1 Å². The smallest absolute Gasteiger partial charge is 0.0802 e. The van der Waals surface area contributed by atoms with E-state index < -0.39 is 5.60 Å². The van der Waals surface area contributed by atoms with Crippen molar-refractivity contribution in [2.45, 2.75) is 78.7 Å². The van der Waals surface area contributed by atoms with Crippen LogP contribution in [0.2, 0.25) is 0 Å². The molecule has 0 aromatic heterocycles.